The van der Waals surface area contributed by atoms with Gasteiger partial charge < -0.3 is 25.2 Å². The van der Waals surface area contributed by atoms with Gasteiger partial charge in [-0.3, -0.25) is 0 Å². The smallest absolute Gasteiger partial charge is 0.128 e. The monoisotopic (exact) mass is 359 g/mol. The Morgan fingerprint density at radius 1 is 1.27 bits per heavy atom. The van der Waals surface area contributed by atoms with Crippen LogP contribution in [0, 0.1) is 5.92 Å². The standard InChI is InChI=1S/C20H33N5O/c1-24-8-10-25(11-9-24)20-13-16(5-6-22-20)14-23-18-4-2-3-17(18)19-15-26-12-7-21-19/h5-6,13,17-19,21,23H,2-4,7-12,14-15H2,1H3. The summed E-state index contributed by atoms with van der Waals surface area (Å²) in [6.45, 7) is 8.01. The lowest BCUT2D eigenvalue weighted by Gasteiger charge is -2.34. The molecule has 0 bridgehead atoms. The Morgan fingerprint density at radius 3 is 2.96 bits per heavy atom. The van der Waals surface area contributed by atoms with Crippen LogP contribution in [0.5, 0.6) is 0 Å². The summed E-state index contributed by atoms with van der Waals surface area (Å²) < 4.78 is 5.69. The zero-order valence-electron chi connectivity index (χ0n) is 16.0. The number of morpholine rings is 1. The molecule has 1 saturated carbocycles. The van der Waals surface area contributed by atoms with Crippen LogP contribution in [-0.4, -0.2) is 75.0 Å². The van der Waals surface area contributed by atoms with Gasteiger partial charge in [-0.05, 0) is 43.5 Å². The zero-order valence-corrected chi connectivity index (χ0v) is 16.0. The lowest BCUT2D eigenvalue weighted by atomic mass is 9.94. The number of piperazine rings is 1. The van der Waals surface area contributed by atoms with E-state index in [2.05, 4.69) is 44.6 Å². The van der Waals surface area contributed by atoms with E-state index in [4.69, 9.17) is 4.74 Å². The van der Waals surface area contributed by atoms with E-state index in [1.807, 2.05) is 6.20 Å². The van der Waals surface area contributed by atoms with Crippen molar-refractivity contribution in [2.75, 3.05) is 57.9 Å². The minimum atomic E-state index is 0.516. The molecule has 4 rings (SSSR count). The van der Waals surface area contributed by atoms with Crippen molar-refractivity contribution in [2.24, 2.45) is 5.92 Å². The summed E-state index contributed by atoms with van der Waals surface area (Å²) in [7, 11) is 2.19. The molecule has 2 saturated heterocycles. The van der Waals surface area contributed by atoms with Crippen LogP contribution in [0.15, 0.2) is 18.3 Å². The molecular weight excluding hydrogens is 326 g/mol. The Morgan fingerprint density at radius 2 is 2.15 bits per heavy atom. The Hall–Kier alpha value is -1.21. The molecule has 3 atom stereocenters. The summed E-state index contributed by atoms with van der Waals surface area (Å²) in [4.78, 5) is 9.40. The van der Waals surface area contributed by atoms with Crippen molar-refractivity contribution < 1.29 is 4.74 Å². The van der Waals surface area contributed by atoms with Crippen molar-refractivity contribution in [1.29, 1.82) is 0 Å². The van der Waals surface area contributed by atoms with Gasteiger partial charge in [0.25, 0.3) is 0 Å². The number of ether oxygens (including phenoxy) is 1. The maximum atomic E-state index is 5.69. The minimum Gasteiger partial charge on any atom is -0.379 e. The first-order valence-electron chi connectivity index (χ1n) is 10.2. The van der Waals surface area contributed by atoms with Gasteiger partial charge in [-0.15, -0.1) is 0 Å². The first kappa shape index (κ1) is 18.2. The Balaban J connectivity index is 1.33. The number of rotatable bonds is 5. The minimum absolute atomic E-state index is 0.516. The van der Waals surface area contributed by atoms with Crippen LogP contribution in [0.1, 0.15) is 24.8 Å². The van der Waals surface area contributed by atoms with Gasteiger partial charge in [0.05, 0.1) is 13.2 Å². The molecule has 6 nitrogen and oxygen atoms in total. The molecule has 3 fully saturated rings. The maximum absolute atomic E-state index is 5.69. The zero-order chi connectivity index (χ0) is 17.8. The van der Waals surface area contributed by atoms with Gasteiger partial charge in [0.15, 0.2) is 0 Å². The number of nitrogens with one attached hydrogen (secondary N) is 2. The van der Waals surface area contributed by atoms with E-state index < -0.39 is 0 Å². The number of nitrogens with zero attached hydrogens (tertiary/aromatic N) is 3. The van der Waals surface area contributed by atoms with E-state index in [9.17, 15) is 0 Å². The summed E-state index contributed by atoms with van der Waals surface area (Å²) in [6.07, 6.45) is 5.87. The van der Waals surface area contributed by atoms with Crippen LogP contribution in [-0.2, 0) is 11.3 Å². The second-order valence-electron chi connectivity index (χ2n) is 8.03. The number of aromatic nitrogens is 1. The summed E-state index contributed by atoms with van der Waals surface area (Å²) in [5.74, 6) is 1.82. The van der Waals surface area contributed by atoms with Crippen molar-refractivity contribution in [3.8, 4) is 0 Å². The van der Waals surface area contributed by atoms with E-state index in [0.29, 0.717) is 18.0 Å². The van der Waals surface area contributed by atoms with Crippen LogP contribution in [0.2, 0.25) is 0 Å². The molecule has 1 aliphatic carbocycles. The third kappa shape index (κ3) is 4.36. The summed E-state index contributed by atoms with van der Waals surface area (Å²) >= 11 is 0. The number of anilines is 1. The average molecular weight is 360 g/mol. The van der Waals surface area contributed by atoms with Gasteiger partial charge in [0.1, 0.15) is 5.82 Å². The Bertz CT molecular complexity index is 569. The van der Waals surface area contributed by atoms with Crippen molar-refractivity contribution in [3.05, 3.63) is 23.9 Å². The lowest BCUT2D eigenvalue weighted by Crippen LogP contribution is -2.50. The van der Waals surface area contributed by atoms with E-state index in [-0.39, 0.29) is 0 Å². The largest absolute Gasteiger partial charge is 0.379 e. The van der Waals surface area contributed by atoms with Gasteiger partial charge in [-0.1, -0.05) is 6.42 Å². The van der Waals surface area contributed by atoms with Crippen LogP contribution in [0.3, 0.4) is 0 Å². The maximum Gasteiger partial charge on any atom is 0.128 e. The molecule has 0 aromatic carbocycles. The van der Waals surface area contributed by atoms with E-state index in [1.165, 1.54) is 24.8 Å². The fraction of sp³-hybridized carbons (Fsp3) is 0.750. The first-order valence-corrected chi connectivity index (χ1v) is 10.2. The van der Waals surface area contributed by atoms with Crippen LogP contribution < -0.4 is 15.5 Å². The Labute approximate surface area is 157 Å². The fourth-order valence-corrected chi connectivity index (χ4v) is 4.61. The number of hydrogen-bond donors (Lipinski definition) is 2. The molecule has 2 aliphatic heterocycles. The second-order valence-corrected chi connectivity index (χ2v) is 8.03. The second kappa shape index (κ2) is 8.65. The molecule has 2 N–H and O–H groups in total. The Kier molecular flexibility index (Phi) is 6.05. The fourth-order valence-electron chi connectivity index (χ4n) is 4.61. The molecule has 0 spiro atoms. The third-order valence-corrected chi connectivity index (χ3v) is 6.24. The van der Waals surface area contributed by atoms with Crippen molar-refractivity contribution in [3.63, 3.8) is 0 Å². The van der Waals surface area contributed by atoms with Gasteiger partial charge in [-0.2, -0.15) is 0 Å². The van der Waals surface area contributed by atoms with E-state index in [0.717, 1.165) is 58.3 Å². The predicted octanol–water partition coefficient (Wildman–Crippen LogP) is 1.08. The molecule has 3 heterocycles. The molecule has 0 radical (unpaired) electrons. The quantitative estimate of drug-likeness (QED) is 0.821. The summed E-state index contributed by atoms with van der Waals surface area (Å²) in [5, 5.41) is 7.49. The SMILES string of the molecule is CN1CCN(c2cc(CNC3CCCC3C3COCCN3)ccn2)CC1. The van der Waals surface area contributed by atoms with Gasteiger partial charge >= 0.3 is 0 Å². The highest BCUT2D eigenvalue weighted by molar-refractivity contribution is 5.41. The molecule has 0 amide bonds. The average Bonchev–Trinajstić information content (AvgIpc) is 3.16. The topological polar surface area (TPSA) is 52.7 Å². The van der Waals surface area contributed by atoms with Crippen molar-refractivity contribution in [2.45, 2.75) is 37.9 Å². The highest BCUT2D eigenvalue weighted by Crippen LogP contribution is 2.29. The summed E-state index contributed by atoms with van der Waals surface area (Å²) in [5.41, 5.74) is 1.34. The van der Waals surface area contributed by atoms with E-state index >= 15 is 0 Å². The predicted molar refractivity (Wildman–Crippen MR) is 105 cm³/mol. The summed E-state index contributed by atoms with van der Waals surface area (Å²) in [6, 6.07) is 5.53. The van der Waals surface area contributed by atoms with Crippen LogP contribution in [0.25, 0.3) is 0 Å². The number of pyridine rings is 1. The molecular formula is C20H33N5O. The molecule has 26 heavy (non-hydrogen) atoms. The third-order valence-electron chi connectivity index (χ3n) is 6.24. The normalized spacial score (nSPS) is 30.7. The molecule has 144 valence electrons. The van der Waals surface area contributed by atoms with Gasteiger partial charge in [0.2, 0.25) is 0 Å². The number of likely N-dealkylation sites (N-methyl/N-ethyl adjacent to an activating group) is 1. The van der Waals surface area contributed by atoms with Gasteiger partial charge in [-0.25, -0.2) is 4.98 Å². The molecule has 1 aromatic heterocycles. The molecule has 6 heteroatoms. The van der Waals surface area contributed by atoms with Crippen LogP contribution >= 0.6 is 0 Å². The van der Waals surface area contributed by atoms with Crippen LogP contribution in [0.4, 0.5) is 5.82 Å². The van der Waals surface area contributed by atoms with Gasteiger partial charge in [0, 0.05) is 57.5 Å². The number of hydrogen-bond acceptors (Lipinski definition) is 6. The first-order chi connectivity index (χ1) is 12.8. The highest BCUT2D eigenvalue weighted by atomic mass is 16.5. The van der Waals surface area contributed by atoms with Crippen molar-refractivity contribution in [1.82, 2.24) is 20.5 Å². The van der Waals surface area contributed by atoms with E-state index in [1.54, 1.807) is 0 Å². The molecule has 3 aliphatic rings. The molecule has 3 unspecified atom stereocenters. The molecule has 1 aromatic rings. The lowest BCUT2D eigenvalue weighted by molar-refractivity contribution is 0.0524. The van der Waals surface area contributed by atoms with Crippen molar-refractivity contribution >= 4 is 5.82 Å². The highest BCUT2D eigenvalue weighted by Gasteiger charge is 2.34.